The fourth-order valence-electron chi connectivity index (χ4n) is 2.47. The quantitative estimate of drug-likeness (QED) is 0.802. The second-order valence-corrected chi connectivity index (χ2v) is 5.23. The summed E-state index contributed by atoms with van der Waals surface area (Å²) in [5, 5.41) is 2.83. The van der Waals surface area contributed by atoms with Crippen LogP contribution in [0.1, 0.15) is 31.2 Å². The molecule has 0 atom stereocenters. The number of carbonyl (C=O) groups excluding carboxylic acids is 1. The number of nitrogens with two attached hydrogens (primary N) is 1. The third-order valence-corrected chi connectivity index (χ3v) is 3.71. The Hall–Kier alpha value is -1.55. The molecule has 1 fully saturated rings. The molecule has 4 heteroatoms. The maximum atomic E-state index is 11.8. The highest BCUT2D eigenvalue weighted by atomic mass is 16.5. The Morgan fingerprint density at radius 3 is 2.89 bits per heavy atom. The Morgan fingerprint density at radius 2 is 2.16 bits per heavy atom. The molecule has 1 aliphatic rings. The van der Waals surface area contributed by atoms with Gasteiger partial charge in [0.25, 0.3) is 0 Å². The molecule has 1 amide bonds. The number of nitrogen functional groups attached to an aromatic ring is 1. The largest absolute Gasteiger partial charge is 0.398 e. The molecule has 0 unspecified atom stereocenters. The zero-order valence-electron chi connectivity index (χ0n) is 11.4. The van der Waals surface area contributed by atoms with Gasteiger partial charge in [0, 0.05) is 11.4 Å². The van der Waals surface area contributed by atoms with Crippen molar-refractivity contribution in [2.45, 2.75) is 32.6 Å². The van der Waals surface area contributed by atoms with Crippen molar-refractivity contribution in [3.8, 4) is 0 Å². The molecule has 0 aromatic heterocycles. The van der Waals surface area contributed by atoms with Crippen molar-refractivity contribution in [2.75, 3.05) is 24.3 Å². The second kappa shape index (κ2) is 6.57. The maximum Gasteiger partial charge on any atom is 0.250 e. The average molecular weight is 262 g/mol. The van der Waals surface area contributed by atoms with Crippen molar-refractivity contribution in [3.63, 3.8) is 0 Å². The van der Waals surface area contributed by atoms with Gasteiger partial charge in [0.2, 0.25) is 5.91 Å². The van der Waals surface area contributed by atoms with Crippen molar-refractivity contribution in [3.05, 3.63) is 23.8 Å². The van der Waals surface area contributed by atoms with Crippen molar-refractivity contribution in [1.82, 2.24) is 0 Å². The summed E-state index contributed by atoms with van der Waals surface area (Å²) >= 11 is 0. The molecular formula is C15H22N2O2. The van der Waals surface area contributed by atoms with Gasteiger partial charge in [-0.2, -0.15) is 0 Å². The molecular weight excluding hydrogens is 240 g/mol. The molecule has 104 valence electrons. The predicted molar refractivity (Wildman–Crippen MR) is 77.0 cm³/mol. The highest BCUT2D eigenvalue weighted by Gasteiger charge is 2.15. The molecule has 0 bridgehead atoms. The van der Waals surface area contributed by atoms with Gasteiger partial charge in [-0.1, -0.05) is 18.9 Å². The fraction of sp³-hybridized carbons (Fsp3) is 0.533. The van der Waals surface area contributed by atoms with E-state index in [-0.39, 0.29) is 12.5 Å². The topological polar surface area (TPSA) is 64.3 Å². The first-order valence-corrected chi connectivity index (χ1v) is 6.89. The standard InChI is InChI=1S/C15H22N2O2/c1-11-13(16)7-4-8-14(11)17-15(18)10-19-9-12-5-2-3-6-12/h4,7-8,12H,2-3,5-6,9-10,16H2,1H3,(H,17,18). The number of benzene rings is 1. The molecule has 1 saturated carbocycles. The third kappa shape index (κ3) is 3.96. The lowest BCUT2D eigenvalue weighted by molar-refractivity contribution is -0.121. The van der Waals surface area contributed by atoms with Gasteiger partial charge >= 0.3 is 0 Å². The molecule has 4 nitrogen and oxygen atoms in total. The smallest absolute Gasteiger partial charge is 0.250 e. The van der Waals surface area contributed by atoms with Crippen LogP contribution in [0.4, 0.5) is 11.4 Å². The van der Waals surface area contributed by atoms with Crippen LogP contribution < -0.4 is 11.1 Å². The van der Waals surface area contributed by atoms with E-state index in [2.05, 4.69) is 5.32 Å². The first-order valence-electron chi connectivity index (χ1n) is 6.89. The number of carbonyl (C=O) groups is 1. The van der Waals surface area contributed by atoms with Crippen LogP contribution in [-0.2, 0) is 9.53 Å². The van der Waals surface area contributed by atoms with Crippen LogP contribution in [0.2, 0.25) is 0 Å². The van der Waals surface area contributed by atoms with Gasteiger partial charge in [-0.05, 0) is 43.4 Å². The lowest BCUT2D eigenvalue weighted by atomic mass is 10.1. The van der Waals surface area contributed by atoms with E-state index in [1.165, 1.54) is 25.7 Å². The van der Waals surface area contributed by atoms with E-state index >= 15 is 0 Å². The second-order valence-electron chi connectivity index (χ2n) is 5.23. The molecule has 0 heterocycles. The molecule has 0 aliphatic heterocycles. The molecule has 1 aromatic rings. The summed E-state index contributed by atoms with van der Waals surface area (Å²) in [5.74, 6) is 0.522. The zero-order valence-corrected chi connectivity index (χ0v) is 11.4. The van der Waals surface area contributed by atoms with E-state index < -0.39 is 0 Å². The van der Waals surface area contributed by atoms with Gasteiger partial charge in [-0.3, -0.25) is 4.79 Å². The van der Waals surface area contributed by atoms with Crippen molar-refractivity contribution in [1.29, 1.82) is 0 Å². The number of rotatable bonds is 5. The normalized spacial score (nSPS) is 15.6. The summed E-state index contributed by atoms with van der Waals surface area (Å²) in [7, 11) is 0. The fourth-order valence-corrected chi connectivity index (χ4v) is 2.47. The van der Waals surface area contributed by atoms with Crippen molar-refractivity contribution < 1.29 is 9.53 Å². The number of hydrogen-bond acceptors (Lipinski definition) is 3. The SMILES string of the molecule is Cc1c(N)cccc1NC(=O)COCC1CCCC1. The van der Waals surface area contributed by atoms with Gasteiger partial charge in [0.1, 0.15) is 6.61 Å². The van der Waals surface area contributed by atoms with E-state index in [9.17, 15) is 4.79 Å². The van der Waals surface area contributed by atoms with Gasteiger partial charge in [0.05, 0.1) is 6.61 Å². The van der Waals surface area contributed by atoms with Gasteiger partial charge in [0.15, 0.2) is 0 Å². The molecule has 1 aromatic carbocycles. The number of anilines is 2. The van der Waals surface area contributed by atoms with E-state index in [1.807, 2.05) is 25.1 Å². The number of amides is 1. The van der Waals surface area contributed by atoms with Crippen LogP contribution in [0.3, 0.4) is 0 Å². The monoisotopic (exact) mass is 262 g/mol. The van der Waals surface area contributed by atoms with Gasteiger partial charge < -0.3 is 15.8 Å². The van der Waals surface area contributed by atoms with Gasteiger partial charge in [-0.25, -0.2) is 0 Å². The number of hydrogen-bond donors (Lipinski definition) is 2. The van der Waals surface area contributed by atoms with Gasteiger partial charge in [-0.15, -0.1) is 0 Å². The maximum absolute atomic E-state index is 11.8. The predicted octanol–water partition coefficient (Wildman–Crippen LogP) is 2.72. The molecule has 3 N–H and O–H groups in total. The molecule has 1 aliphatic carbocycles. The number of nitrogens with one attached hydrogen (secondary N) is 1. The molecule has 0 radical (unpaired) electrons. The first kappa shape index (κ1) is 13.9. The highest BCUT2D eigenvalue weighted by molar-refractivity contribution is 5.93. The summed E-state index contributed by atoms with van der Waals surface area (Å²) in [6.07, 6.45) is 5.05. The van der Waals surface area contributed by atoms with Crippen LogP contribution in [0, 0.1) is 12.8 Å². The van der Waals surface area contributed by atoms with Crippen LogP contribution in [0.25, 0.3) is 0 Å². The van der Waals surface area contributed by atoms with Crippen LogP contribution in [0.5, 0.6) is 0 Å². The highest BCUT2D eigenvalue weighted by Crippen LogP contribution is 2.24. The average Bonchev–Trinajstić information content (AvgIpc) is 2.88. The minimum Gasteiger partial charge on any atom is -0.398 e. The summed E-state index contributed by atoms with van der Waals surface area (Å²) in [6.45, 7) is 2.71. The van der Waals surface area contributed by atoms with Crippen LogP contribution in [-0.4, -0.2) is 19.1 Å². The summed E-state index contributed by atoms with van der Waals surface area (Å²) in [6, 6.07) is 5.50. The van der Waals surface area contributed by atoms with Crippen LogP contribution in [0.15, 0.2) is 18.2 Å². The molecule has 2 rings (SSSR count). The van der Waals surface area contributed by atoms with Crippen molar-refractivity contribution in [2.24, 2.45) is 5.92 Å². The minimum atomic E-state index is -0.119. The zero-order chi connectivity index (χ0) is 13.7. The van der Waals surface area contributed by atoms with E-state index in [4.69, 9.17) is 10.5 Å². The van der Waals surface area contributed by atoms with Crippen LogP contribution >= 0.6 is 0 Å². The van der Waals surface area contributed by atoms with E-state index in [0.717, 1.165) is 11.3 Å². The van der Waals surface area contributed by atoms with E-state index in [0.29, 0.717) is 18.2 Å². The Labute approximate surface area is 114 Å². The minimum absolute atomic E-state index is 0.116. The Balaban J connectivity index is 1.76. The molecule has 19 heavy (non-hydrogen) atoms. The molecule has 0 saturated heterocycles. The Kier molecular flexibility index (Phi) is 4.80. The Morgan fingerprint density at radius 1 is 1.42 bits per heavy atom. The summed E-state index contributed by atoms with van der Waals surface area (Å²) in [4.78, 5) is 11.8. The Bertz CT molecular complexity index is 440. The third-order valence-electron chi connectivity index (χ3n) is 3.71. The lowest BCUT2D eigenvalue weighted by Gasteiger charge is -2.12. The van der Waals surface area contributed by atoms with Crippen molar-refractivity contribution >= 4 is 17.3 Å². The van der Waals surface area contributed by atoms with E-state index in [1.54, 1.807) is 0 Å². The summed E-state index contributed by atoms with van der Waals surface area (Å²) in [5.41, 5.74) is 8.14. The summed E-state index contributed by atoms with van der Waals surface area (Å²) < 4.78 is 5.48. The number of ether oxygens (including phenoxy) is 1. The first-order chi connectivity index (χ1) is 9.16. The lowest BCUT2D eigenvalue weighted by Crippen LogP contribution is -2.20. The molecule has 0 spiro atoms.